The Kier molecular flexibility index (Phi) is 5.97. The van der Waals surface area contributed by atoms with Gasteiger partial charge in [0, 0.05) is 11.6 Å². The Morgan fingerprint density at radius 2 is 2.23 bits per heavy atom. The number of furan rings is 1. The maximum Gasteiger partial charge on any atom is 0.291 e. The van der Waals surface area contributed by atoms with Gasteiger partial charge in [-0.3, -0.25) is 4.79 Å². The highest BCUT2D eigenvalue weighted by atomic mass is 79.9. The number of ether oxygens (including phenoxy) is 2. The van der Waals surface area contributed by atoms with Crippen molar-refractivity contribution in [2.75, 3.05) is 12.4 Å². The number of benzene rings is 1. The van der Waals surface area contributed by atoms with Crippen LogP contribution in [0.5, 0.6) is 5.75 Å². The summed E-state index contributed by atoms with van der Waals surface area (Å²) in [5.74, 6) is 0.826. The monoisotopic (exact) mass is 439 g/mol. The first-order valence-electron chi connectivity index (χ1n) is 7.54. The van der Waals surface area contributed by atoms with Gasteiger partial charge in [-0.25, -0.2) is 4.68 Å². The lowest BCUT2D eigenvalue weighted by Gasteiger charge is -2.06. The molecule has 0 saturated heterocycles. The third kappa shape index (κ3) is 4.66. The molecule has 9 heteroatoms. The number of methoxy groups -OCH3 is 1. The fourth-order valence-corrected chi connectivity index (χ4v) is 2.87. The van der Waals surface area contributed by atoms with Crippen LogP contribution in [0.4, 0.5) is 5.69 Å². The maximum atomic E-state index is 12.2. The second kappa shape index (κ2) is 8.39. The second-order valence-corrected chi connectivity index (χ2v) is 6.59. The molecule has 1 N–H and O–H groups in total. The molecule has 136 valence electrons. The van der Waals surface area contributed by atoms with Crippen LogP contribution in [0.1, 0.15) is 16.3 Å². The zero-order valence-corrected chi connectivity index (χ0v) is 16.1. The molecule has 2 aromatic heterocycles. The van der Waals surface area contributed by atoms with Crippen molar-refractivity contribution in [2.45, 2.75) is 13.3 Å². The number of carbonyl (C=O) groups excluding carboxylic acids is 1. The predicted octanol–water partition coefficient (Wildman–Crippen LogP) is 4.33. The number of amides is 1. The fraction of sp³-hybridized carbons (Fsp3) is 0.176. The van der Waals surface area contributed by atoms with Crippen molar-refractivity contribution in [3.05, 3.63) is 63.7 Å². The summed E-state index contributed by atoms with van der Waals surface area (Å²) in [6.07, 6.45) is 3.18. The van der Waals surface area contributed by atoms with Crippen molar-refractivity contribution >= 4 is 39.1 Å². The summed E-state index contributed by atoms with van der Waals surface area (Å²) < 4.78 is 18.5. The normalized spacial score (nSPS) is 10.7. The lowest BCUT2D eigenvalue weighted by molar-refractivity contribution is 0.0992. The highest BCUT2D eigenvalue weighted by molar-refractivity contribution is 9.10. The summed E-state index contributed by atoms with van der Waals surface area (Å²) in [6, 6.07) is 8.57. The van der Waals surface area contributed by atoms with E-state index in [4.69, 9.17) is 25.5 Å². The van der Waals surface area contributed by atoms with E-state index >= 15 is 0 Å². The smallest absolute Gasteiger partial charge is 0.291 e. The highest BCUT2D eigenvalue weighted by Crippen LogP contribution is 2.28. The Morgan fingerprint density at radius 1 is 1.38 bits per heavy atom. The van der Waals surface area contributed by atoms with Crippen molar-refractivity contribution in [3.8, 4) is 5.75 Å². The number of rotatable bonds is 7. The standard InChI is InChI=1S/C17H15BrClN3O4/c1-24-10-22-8-12(7-20-22)21-17(23)16-5-3-13(26-16)9-25-15-4-2-11(18)6-14(15)19/h2-8H,9-10H2,1H3,(H,21,23). The number of hydrogen-bond acceptors (Lipinski definition) is 5. The van der Waals surface area contributed by atoms with Crippen molar-refractivity contribution in [3.63, 3.8) is 0 Å². The molecule has 3 rings (SSSR count). The van der Waals surface area contributed by atoms with Gasteiger partial charge in [-0.15, -0.1) is 0 Å². The van der Waals surface area contributed by atoms with E-state index in [2.05, 4.69) is 26.3 Å². The molecule has 0 saturated carbocycles. The van der Waals surface area contributed by atoms with E-state index in [1.807, 2.05) is 6.07 Å². The third-order valence-electron chi connectivity index (χ3n) is 3.30. The van der Waals surface area contributed by atoms with E-state index < -0.39 is 0 Å². The molecule has 1 aromatic carbocycles. The maximum absolute atomic E-state index is 12.2. The van der Waals surface area contributed by atoms with Crippen molar-refractivity contribution in [2.24, 2.45) is 0 Å². The minimum Gasteiger partial charge on any atom is -0.484 e. The van der Waals surface area contributed by atoms with E-state index in [-0.39, 0.29) is 18.3 Å². The van der Waals surface area contributed by atoms with Crippen LogP contribution in [0.3, 0.4) is 0 Å². The molecule has 7 nitrogen and oxygen atoms in total. The molecule has 0 unspecified atom stereocenters. The van der Waals surface area contributed by atoms with Crippen LogP contribution in [0.2, 0.25) is 5.02 Å². The van der Waals surface area contributed by atoms with Crippen LogP contribution >= 0.6 is 27.5 Å². The summed E-state index contributed by atoms with van der Waals surface area (Å²) in [5, 5.41) is 7.23. The Balaban J connectivity index is 1.58. The Hall–Kier alpha value is -2.29. The van der Waals surface area contributed by atoms with Gasteiger partial charge >= 0.3 is 0 Å². The lowest BCUT2D eigenvalue weighted by atomic mass is 10.3. The number of aromatic nitrogens is 2. The first-order chi connectivity index (χ1) is 12.5. The summed E-state index contributed by atoms with van der Waals surface area (Å²) >= 11 is 9.43. The molecule has 0 aliphatic carbocycles. The molecule has 3 aromatic rings. The van der Waals surface area contributed by atoms with E-state index in [1.54, 1.807) is 42.3 Å². The van der Waals surface area contributed by atoms with Crippen LogP contribution in [0.25, 0.3) is 0 Å². The van der Waals surface area contributed by atoms with E-state index in [0.29, 0.717) is 29.0 Å². The van der Waals surface area contributed by atoms with Gasteiger partial charge in [-0.05, 0) is 30.3 Å². The molecule has 0 fully saturated rings. The third-order valence-corrected chi connectivity index (χ3v) is 4.09. The molecule has 0 atom stereocenters. The Bertz CT molecular complexity index is 909. The quantitative estimate of drug-likeness (QED) is 0.592. The van der Waals surface area contributed by atoms with Crippen LogP contribution in [0.15, 0.2) is 51.6 Å². The van der Waals surface area contributed by atoms with Crippen molar-refractivity contribution < 1.29 is 18.7 Å². The molecule has 26 heavy (non-hydrogen) atoms. The minimum atomic E-state index is -0.380. The number of nitrogens with one attached hydrogen (secondary N) is 1. The second-order valence-electron chi connectivity index (χ2n) is 5.27. The van der Waals surface area contributed by atoms with E-state index in [9.17, 15) is 4.79 Å². The van der Waals surface area contributed by atoms with Gasteiger partial charge in [0.2, 0.25) is 0 Å². The Labute approximate surface area is 163 Å². The molecule has 1 amide bonds. The SMILES string of the molecule is COCn1cc(NC(=O)c2ccc(COc3ccc(Br)cc3Cl)o2)cn1. The van der Waals surface area contributed by atoms with Gasteiger partial charge in [-0.1, -0.05) is 27.5 Å². The average Bonchev–Trinajstić information content (AvgIpc) is 3.24. The van der Waals surface area contributed by atoms with Crippen LogP contribution in [-0.2, 0) is 18.1 Å². The van der Waals surface area contributed by atoms with Gasteiger partial charge in [0.25, 0.3) is 5.91 Å². The molecule has 0 aliphatic rings. The largest absolute Gasteiger partial charge is 0.484 e. The number of carbonyl (C=O) groups is 1. The van der Waals surface area contributed by atoms with Crippen LogP contribution in [-0.4, -0.2) is 22.8 Å². The van der Waals surface area contributed by atoms with Gasteiger partial charge in [0.15, 0.2) is 5.76 Å². The van der Waals surface area contributed by atoms with E-state index in [1.165, 1.54) is 6.20 Å². The summed E-state index contributed by atoms with van der Waals surface area (Å²) in [5.41, 5.74) is 0.544. The molecular weight excluding hydrogens is 426 g/mol. The average molecular weight is 441 g/mol. The first-order valence-corrected chi connectivity index (χ1v) is 8.71. The lowest BCUT2D eigenvalue weighted by Crippen LogP contribution is -2.10. The van der Waals surface area contributed by atoms with Crippen molar-refractivity contribution in [1.29, 1.82) is 0 Å². The number of hydrogen-bond donors (Lipinski definition) is 1. The predicted molar refractivity (Wildman–Crippen MR) is 99.4 cm³/mol. The summed E-state index contributed by atoms with van der Waals surface area (Å²) in [7, 11) is 1.56. The van der Waals surface area contributed by atoms with Crippen LogP contribution < -0.4 is 10.1 Å². The van der Waals surface area contributed by atoms with E-state index in [0.717, 1.165) is 4.47 Å². The topological polar surface area (TPSA) is 78.5 Å². The Morgan fingerprint density at radius 3 is 3.00 bits per heavy atom. The molecule has 0 spiro atoms. The molecular formula is C17H15BrClN3O4. The van der Waals surface area contributed by atoms with Crippen molar-refractivity contribution in [1.82, 2.24) is 9.78 Å². The zero-order chi connectivity index (χ0) is 18.5. The molecule has 0 aliphatic heterocycles. The highest BCUT2D eigenvalue weighted by Gasteiger charge is 2.13. The molecule has 0 bridgehead atoms. The fourth-order valence-electron chi connectivity index (χ4n) is 2.14. The van der Waals surface area contributed by atoms with Gasteiger partial charge in [-0.2, -0.15) is 5.10 Å². The summed E-state index contributed by atoms with van der Waals surface area (Å²) in [6.45, 7) is 0.455. The molecule has 0 radical (unpaired) electrons. The van der Waals surface area contributed by atoms with Gasteiger partial charge < -0.3 is 19.2 Å². The zero-order valence-electron chi connectivity index (χ0n) is 13.7. The van der Waals surface area contributed by atoms with Gasteiger partial charge in [0.1, 0.15) is 24.8 Å². The number of nitrogens with zero attached hydrogens (tertiary/aromatic N) is 2. The summed E-state index contributed by atoms with van der Waals surface area (Å²) in [4.78, 5) is 12.2. The first kappa shape index (κ1) is 18.5. The number of anilines is 1. The van der Waals surface area contributed by atoms with Crippen LogP contribution in [0, 0.1) is 0 Å². The van der Waals surface area contributed by atoms with Gasteiger partial charge in [0.05, 0.1) is 23.1 Å². The number of halogens is 2. The minimum absolute atomic E-state index is 0.153. The molecule has 2 heterocycles.